The first-order valence-electron chi connectivity index (χ1n) is 8.17. The highest BCUT2D eigenvalue weighted by Crippen LogP contribution is 2.19. The van der Waals surface area contributed by atoms with Gasteiger partial charge in [0.2, 0.25) is 0 Å². The number of urea groups is 1. The summed E-state index contributed by atoms with van der Waals surface area (Å²) in [7, 11) is 1.81. The monoisotopic (exact) mass is 322 g/mol. The lowest BCUT2D eigenvalue weighted by Crippen LogP contribution is -2.39. The highest BCUT2D eigenvalue weighted by molar-refractivity contribution is 5.85. The molecule has 0 radical (unpaired) electrons. The van der Waals surface area contributed by atoms with Gasteiger partial charge in [0.1, 0.15) is 5.76 Å². The van der Waals surface area contributed by atoms with Gasteiger partial charge in [-0.05, 0) is 41.8 Å². The molecule has 0 saturated carbocycles. The molecule has 4 nitrogen and oxygen atoms in total. The lowest BCUT2D eigenvalue weighted by atomic mass is 10.0. The van der Waals surface area contributed by atoms with Crippen LogP contribution in [0.25, 0.3) is 10.8 Å². The van der Waals surface area contributed by atoms with E-state index in [1.807, 2.05) is 38.2 Å². The second-order valence-electron chi connectivity index (χ2n) is 6.00. The number of carbonyl (C=O) groups excluding carboxylic acids is 1. The molecule has 1 heterocycles. The summed E-state index contributed by atoms with van der Waals surface area (Å²) in [5, 5.41) is 5.43. The van der Waals surface area contributed by atoms with Gasteiger partial charge >= 0.3 is 6.03 Å². The van der Waals surface area contributed by atoms with E-state index < -0.39 is 0 Å². The van der Waals surface area contributed by atoms with Gasteiger partial charge < -0.3 is 14.6 Å². The summed E-state index contributed by atoms with van der Waals surface area (Å²) in [6.07, 6.45) is 2.43. The molecule has 0 bridgehead atoms. The highest BCUT2D eigenvalue weighted by atomic mass is 16.3. The van der Waals surface area contributed by atoms with Gasteiger partial charge in [-0.3, -0.25) is 0 Å². The number of rotatable bonds is 5. The zero-order valence-electron chi connectivity index (χ0n) is 14.0. The Hall–Kier alpha value is -2.75. The molecule has 4 heteroatoms. The maximum atomic E-state index is 12.3. The quantitative estimate of drug-likeness (QED) is 0.758. The Kier molecular flexibility index (Phi) is 4.85. The molecule has 24 heavy (non-hydrogen) atoms. The SMILES string of the molecule is CC(NC(=O)N(C)CCc1cccc2ccccc12)c1ccco1. The van der Waals surface area contributed by atoms with Crippen molar-refractivity contribution in [1.82, 2.24) is 10.2 Å². The molecule has 3 rings (SSSR count). The number of nitrogens with one attached hydrogen (secondary N) is 1. The van der Waals surface area contributed by atoms with E-state index in [-0.39, 0.29) is 12.1 Å². The Labute approximate surface area is 142 Å². The van der Waals surface area contributed by atoms with Crippen molar-refractivity contribution in [2.24, 2.45) is 0 Å². The molecule has 0 aliphatic carbocycles. The van der Waals surface area contributed by atoms with Crippen LogP contribution in [-0.2, 0) is 6.42 Å². The predicted octanol–water partition coefficient (Wildman–Crippen LogP) is 4.38. The Bertz CT molecular complexity index is 806. The number of nitrogens with zero attached hydrogens (tertiary/aromatic N) is 1. The van der Waals surface area contributed by atoms with Crippen LogP contribution in [0.1, 0.15) is 24.3 Å². The number of benzene rings is 2. The fraction of sp³-hybridized carbons (Fsp3) is 0.250. The van der Waals surface area contributed by atoms with Gasteiger partial charge in [-0.1, -0.05) is 42.5 Å². The van der Waals surface area contributed by atoms with Crippen LogP contribution in [0.15, 0.2) is 65.3 Å². The average Bonchev–Trinajstić information content (AvgIpc) is 3.14. The molecule has 0 fully saturated rings. The van der Waals surface area contributed by atoms with Crippen LogP contribution in [0.2, 0.25) is 0 Å². The highest BCUT2D eigenvalue weighted by Gasteiger charge is 2.15. The van der Waals surface area contributed by atoms with Crippen LogP contribution in [0.5, 0.6) is 0 Å². The molecule has 1 aromatic heterocycles. The van der Waals surface area contributed by atoms with Crippen LogP contribution < -0.4 is 5.32 Å². The minimum atomic E-state index is -0.146. The van der Waals surface area contributed by atoms with E-state index in [4.69, 9.17) is 4.42 Å². The Morgan fingerprint density at radius 3 is 2.71 bits per heavy atom. The molecular formula is C20H22N2O2. The first kappa shape index (κ1) is 16.1. The van der Waals surface area contributed by atoms with E-state index in [1.54, 1.807) is 11.2 Å². The Morgan fingerprint density at radius 2 is 1.92 bits per heavy atom. The van der Waals surface area contributed by atoms with Crippen LogP contribution in [0.4, 0.5) is 4.79 Å². The smallest absolute Gasteiger partial charge is 0.317 e. The molecular weight excluding hydrogens is 300 g/mol. The standard InChI is InChI=1S/C20H22N2O2/c1-15(19-11-6-14-24-19)21-20(23)22(2)13-12-17-9-5-8-16-7-3-4-10-18(16)17/h3-11,14-15H,12-13H2,1-2H3,(H,21,23). The molecule has 0 saturated heterocycles. The number of fused-ring (bicyclic) bond motifs is 1. The fourth-order valence-electron chi connectivity index (χ4n) is 2.80. The fourth-order valence-corrected chi connectivity index (χ4v) is 2.80. The van der Waals surface area contributed by atoms with Crippen molar-refractivity contribution in [3.63, 3.8) is 0 Å². The molecule has 1 N–H and O–H groups in total. The molecule has 0 aliphatic heterocycles. The van der Waals surface area contributed by atoms with Crippen LogP contribution in [-0.4, -0.2) is 24.5 Å². The maximum Gasteiger partial charge on any atom is 0.317 e. The van der Waals surface area contributed by atoms with Crippen molar-refractivity contribution in [1.29, 1.82) is 0 Å². The topological polar surface area (TPSA) is 45.5 Å². The van der Waals surface area contributed by atoms with Crippen molar-refractivity contribution in [2.45, 2.75) is 19.4 Å². The number of furan rings is 1. The van der Waals surface area contributed by atoms with Crippen molar-refractivity contribution in [3.05, 3.63) is 72.2 Å². The van der Waals surface area contributed by atoms with Crippen molar-refractivity contribution in [2.75, 3.05) is 13.6 Å². The first-order chi connectivity index (χ1) is 11.6. The molecule has 3 aromatic rings. The third-order valence-electron chi connectivity index (χ3n) is 4.25. The van der Waals surface area contributed by atoms with Gasteiger partial charge in [0, 0.05) is 13.6 Å². The van der Waals surface area contributed by atoms with Crippen LogP contribution in [0, 0.1) is 0 Å². The normalized spacial score (nSPS) is 12.1. The number of likely N-dealkylation sites (N-methyl/N-ethyl adjacent to an activating group) is 1. The zero-order valence-corrected chi connectivity index (χ0v) is 14.0. The third kappa shape index (κ3) is 3.59. The molecule has 1 atom stereocenters. The summed E-state index contributed by atoms with van der Waals surface area (Å²) in [6, 6.07) is 18.1. The number of hydrogen-bond donors (Lipinski definition) is 1. The summed E-state index contributed by atoms with van der Waals surface area (Å²) in [4.78, 5) is 14.0. The van der Waals surface area contributed by atoms with E-state index in [0.29, 0.717) is 6.54 Å². The van der Waals surface area contributed by atoms with Crippen molar-refractivity contribution < 1.29 is 9.21 Å². The molecule has 0 spiro atoms. The van der Waals surface area contributed by atoms with Crippen molar-refractivity contribution >= 4 is 16.8 Å². The lowest BCUT2D eigenvalue weighted by Gasteiger charge is -2.21. The third-order valence-corrected chi connectivity index (χ3v) is 4.25. The summed E-state index contributed by atoms with van der Waals surface area (Å²) >= 11 is 0. The van der Waals surface area contributed by atoms with Crippen LogP contribution in [0.3, 0.4) is 0 Å². The zero-order chi connectivity index (χ0) is 16.9. The van der Waals surface area contributed by atoms with E-state index in [9.17, 15) is 4.79 Å². The van der Waals surface area contributed by atoms with Gasteiger partial charge in [0.15, 0.2) is 0 Å². The number of carbonyl (C=O) groups is 1. The van der Waals surface area contributed by atoms with Gasteiger partial charge in [0.05, 0.1) is 12.3 Å². The maximum absolute atomic E-state index is 12.3. The van der Waals surface area contributed by atoms with Gasteiger partial charge in [-0.2, -0.15) is 0 Å². The van der Waals surface area contributed by atoms with Gasteiger partial charge in [-0.25, -0.2) is 4.79 Å². The molecule has 124 valence electrons. The summed E-state index contributed by atoms with van der Waals surface area (Å²) < 4.78 is 5.32. The van der Waals surface area contributed by atoms with E-state index in [1.165, 1.54) is 16.3 Å². The molecule has 0 aliphatic rings. The van der Waals surface area contributed by atoms with E-state index >= 15 is 0 Å². The average molecular weight is 322 g/mol. The summed E-state index contributed by atoms with van der Waals surface area (Å²) in [5.74, 6) is 0.755. The molecule has 1 unspecified atom stereocenters. The minimum Gasteiger partial charge on any atom is -0.467 e. The van der Waals surface area contributed by atoms with E-state index in [2.05, 4.69) is 35.6 Å². The molecule has 2 amide bonds. The van der Waals surface area contributed by atoms with Crippen LogP contribution >= 0.6 is 0 Å². The second-order valence-corrected chi connectivity index (χ2v) is 6.00. The molecule has 2 aromatic carbocycles. The van der Waals surface area contributed by atoms with E-state index in [0.717, 1.165) is 12.2 Å². The lowest BCUT2D eigenvalue weighted by molar-refractivity contribution is 0.204. The summed E-state index contributed by atoms with van der Waals surface area (Å²) in [5.41, 5.74) is 1.26. The summed E-state index contributed by atoms with van der Waals surface area (Å²) in [6.45, 7) is 2.57. The number of amides is 2. The van der Waals surface area contributed by atoms with Crippen molar-refractivity contribution in [3.8, 4) is 0 Å². The predicted molar refractivity (Wildman–Crippen MR) is 95.9 cm³/mol. The van der Waals surface area contributed by atoms with Gasteiger partial charge in [-0.15, -0.1) is 0 Å². The first-order valence-corrected chi connectivity index (χ1v) is 8.17. The minimum absolute atomic E-state index is 0.0980. The Morgan fingerprint density at radius 1 is 1.12 bits per heavy atom. The Balaban J connectivity index is 1.60. The number of hydrogen-bond acceptors (Lipinski definition) is 2. The second kappa shape index (κ2) is 7.21. The largest absolute Gasteiger partial charge is 0.467 e. The van der Waals surface area contributed by atoms with Gasteiger partial charge in [0.25, 0.3) is 0 Å².